The van der Waals surface area contributed by atoms with Gasteiger partial charge in [-0.1, -0.05) is 19.3 Å². The van der Waals surface area contributed by atoms with Gasteiger partial charge in [0.25, 0.3) is 0 Å². The molecule has 21 heavy (non-hydrogen) atoms. The average Bonchev–Trinajstić information content (AvgIpc) is 2.98. The molecule has 1 saturated heterocycles. The average molecular weight is 299 g/mol. The smallest absolute Gasteiger partial charge is 0.332 e. The van der Waals surface area contributed by atoms with Gasteiger partial charge in [0.2, 0.25) is 5.91 Å². The number of carboxylic acids is 1. The zero-order valence-corrected chi connectivity index (χ0v) is 12.4. The minimum Gasteiger partial charge on any atom is -0.479 e. The molecule has 0 aromatic rings. The molecule has 6 heteroatoms. The Balaban J connectivity index is 1.52. The Morgan fingerprint density at radius 1 is 1.10 bits per heavy atom. The standard InChI is InChI=1S/C15H25NO5/c17-14(12-7-8-13(21-12)15(18)19)16-9-4-10-20-11-5-2-1-3-6-11/h11-13H,1-10H2,(H,16,17)(H,18,19)/t12-,13+/m0/s1. The first-order valence-electron chi connectivity index (χ1n) is 7.94. The Morgan fingerprint density at radius 3 is 2.48 bits per heavy atom. The van der Waals surface area contributed by atoms with E-state index in [0.29, 0.717) is 32.1 Å². The number of ether oxygens (including phenoxy) is 2. The van der Waals surface area contributed by atoms with Crippen molar-refractivity contribution in [3.05, 3.63) is 0 Å². The molecule has 1 saturated carbocycles. The van der Waals surface area contributed by atoms with Crippen LogP contribution in [0.5, 0.6) is 0 Å². The number of rotatable bonds is 7. The van der Waals surface area contributed by atoms with Crippen LogP contribution in [0.4, 0.5) is 0 Å². The maximum atomic E-state index is 11.8. The SMILES string of the molecule is O=C(NCCCOC1CCCCC1)[C@@H]1CC[C@H](C(=O)O)O1. The highest BCUT2D eigenvalue weighted by Gasteiger charge is 2.34. The summed E-state index contributed by atoms with van der Waals surface area (Å²) >= 11 is 0. The Bertz CT molecular complexity index is 354. The van der Waals surface area contributed by atoms with E-state index in [4.69, 9.17) is 14.6 Å². The van der Waals surface area contributed by atoms with Gasteiger partial charge in [0.1, 0.15) is 6.10 Å². The van der Waals surface area contributed by atoms with Gasteiger partial charge in [-0.15, -0.1) is 0 Å². The van der Waals surface area contributed by atoms with Crippen molar-refractivity contribution < 1.29 is 24.2 Å². The van der Waals surface area contributed by atoms with Crippen LogP contribution >= 0.6 is 0 Å². The zero-order chi connectivity index (χ0) is 15.1. The molecule has 0 bridgehead atoms. The van der Waals surface area contributed by atoms with Gasteiger partial charge >= 0.3 is 5.97 Å². The highest BCUT2D eigenvalue weighted by Crippen LogP contribution is 2.21. The first kappa shape index (κ1) is 16.2. The molecule has 2 rings (SSSR count). The van der Waals surface area contributed by atoms with Gasteiger partial charge in [0.05, 0.1) is 6.10 Å². The van der Waals surface area contributed by atoms with Crippen LogP contribution in [0, 0.1) is 0 Å². The van der Waals surface area contributed by atoms with Crippen LogP contribution in [0.2, 0.25) is 0 Å². The van der Waals surface area contributed by atoms with E-state index >= 15 is 0 Å². The predicted octanol–water partition coefficient (Wildman–Crippen LogP) is 1.47. The Labute approximate surface area is 125 Å². The third kappa shape index (κ3) is 5.28. The molecule has 2 aliphatic rings. The fraction of sp³-hybridized carbons (Fsp3) is 0.867. The molecule has 2 fully saturated rings. The lowest BCUT2D eigenvalue weighted by Gasteiger charge is -2.22. The summed E-state index contributed by atoms with van der Waals surface area (Å²) in [6, 6.07) is 0. The second-order valence-corrected chi connectivity index (χ2v) is 5.80. The molecule has 0 spiro atoms. The summed E-state index contributed by atoms with van der Waals surface area (Å²) in [7, 11) is 0. The van der Waals surface area contributed by atoms with E-state index in [2.05, 4.69) is 5.32 Å². The largest absolute Gasteiger partial charge is 0.479 e. The highest BCUT2D eigenvalue weighted by molar-refractivity contribution is 5.82. The first-order valence-corrected chi connectivity index (χ1v) is 7.94. The lowest BCUT2D eigenvalue weighted by atomic mass is 9.98. The summed E-state index contributed by atoms with van der Waals surface area (Å²) in [5, 5.41) is 11.6. The Kier molecular flexibility index (Phi) is 6.45. The number of nitrogens with one attached hydrogen (secondary N) is 1. The summed E-state index contributed by atoms with van der Waals surface area (Å²) in [6.45, 7) is 1.21. The molecule has 1 amide bonds. The Hall–Kier alpha value is -1.14. The Morgan fingerprint density at radius 2 is 1.81 bits per heavy atom. The van der Waals surface area contributed by atoms with Crippen molar-refractivity contribution in [2.45, 2.75) is 69.7 Å². The number of carbonyl (C=O) groups is 2. The van der Waals surface area contributed by atoms with Gasteiger partial charge in [0.15, 0.2) is 6.10 Å². The second kappa shape index (κ2) is 8.34. The number of hydrogen-bond acceptors (Lipinski definition) is 4. The van der Waals surface area contributed by atoms with Gasteiger partial charge in [-0.2, -0.15) is 0 Å². The van der Waals surface area contributed by atoms with E-state index in [0.717, 1.165) is 19.3 Å². The van der Waals surface area contributed by atoms with Gasteiger partial charge in [0, 0.05) is 13.2 Å². The molecule has 120 valence electrons. The van der Waals surface area contributed by atoms with Gasteiger partial charge < -0.3 is 19.9 Å². The fourth-order valence-corrected chi connectivity index (χ4v) is 2.89. The topological polar surface area (TPSA) is 84.9 Å². The van der Waals surface area contributed by atoms with Crippen molar-refractivity contribution >= 4 is 11.9 Å². The highest BCUT2D eigenvalue weighted by atomic mass is 16.5. The molecule has 0 aromatic carbocycles. The van der Waals surface area contributed by atoms with Crippen molar-refractivity contribution in [2.24, 2.45) is 0 Å². The number of aliphatic carboxylic acids is 1. The summed E-state index contributed by atoms with van der Waals surface area (Å²) in [6.07, 6.45) is 6.71. The van der Waals surface area contributed by atoms with Gasteiger partial charge in [-0.05, 0) is 32.1 Å². The minimum atomic E-state index is -0.994. The van der Waals surface area contributed by atoms with Crippen LogP contribution in [0.25, 0.3) is 0 Å². The molecule has 1 aliphatic carbocycles. The maximum Gasteiger partial charge on any atom is 0.332 e. The summed E-state index contributed by atoms with van der Waals surface area (Å²) in [5.41, 5.74) is 0. The molecule has 2 N–H and O–H groups in total. The molecule has 0 unspecified atom stereocenters. The van der Waals surface area contributed by atoms with E-state index in [-0.39, 0.29) is 5.91 Å². The normalized spacial score (nSPS) is 26.7. The van der Waals surface area contributed by atoms with Crippen LogP contribution in [0.3, 0.4) is 0 Å². The minimum absolute atomic E-state index is 0.212. The molecule has 0 radical (unpaired) electrons. The van der Waals surface area contributed by atoms with Gasteiger partial charge in [-0.25, -0.2) is 4.79 Å². The fourth-order valence-electron chi connectivity index (χ4n) is 2.89. The molecular weight excluding hydrogens is 274 g/mol. The van der Waals surface area contributed by atoms with Crippen molar-refractivity contribution in [1.82, 2.24) is 5.32 Å². The third-order valence-corrected chi connectivity index (χ3v) is 4.11. The summed E-state index contributed by atoms with van der Waals surface area (Å²) in [5.74, 6) is -1.21. The maximum absolute atomic E-state index is 11.8. The molecule has 6 nitrogen and oxygen atoms in total. The number of hydrogen-bond donors (Lipinski definition) is 2. The van der Waals surface area contributed by atoms with Crippen LogP contribution in [0.1, 0.15) is 51.4 Å². The number of carboxylic acid groups (broad SMARTS) is 1. The van der Waals surface area contributed by atoms with E-state index in [1.54, 1.807) is 0 Å². The quantitative estimate of drug-likeness (QED) is 0.695. The number of amides is 1. The van der Waals surface area contributed by atoms with Crippen molar-refractivity contribution in [3.63, 3.8) is 0 Å². The zero-order valence-electron chi connectivity index (χ0n) is 12.4. The lowest BCUT2D eigenvalue weighted by molar-refractivity contribution is -0.151. The van der Waals surface area contributed by atoms with Crippen molar-refractivity contribution in [3.8, 4) is 0 Å². The van der Waals surface area contributed by atoms with E-state index in [1.165, 1.54) is 19.3 Å². The summed E-state index contributed by atoms with van der Waals surface area (Å²) in [4.78, 5) is 22.6. The molecule has 2 atom stereocenters. The van der Waals surface area contributed by atoms with E-state index in [1.807, 2.05) is 0 Å². The van der Waals surface area contributed by atoms with Crippen LogP contribution in [-0.4, -0.2) is 48.4 Å². The molecule has 1 aliphatic heterocycles. The lowest BCUT2D eigenvalue weighted by Crippen LogP contribution is -2.36. The van der Waals surface area contributed by atoms with E-state index in [9.17, 15) is 9.59 Å². The van der Waals surface area contributed by atoms with Crippen LogP contribution in [-0.2, 0) is 19.1 Å². The monoisotopic (exact) mass is 299 g/mol. The molecule has 0 aromatic heterocycles. The van der Waals surface area contributed by atoms with Gasteiger partial charge in [-0.3, -0.25) is 4.79 Å². The van der Waals surface area contributed by atoms with Crippen molar-refractivity contribution in [2.75, 3.05) is 13.2 Å². The third-order valence-electron chi connectivity index (χ3n) is 4.11. The van der Waals surface area contributed by atoms with Crippen LogP contribution < -0.4 is 5.32 Å². The molecule has 1 heterocycles. The van der Waals surface area contributed by atoms with E-state index < -0.39 is 18.2 Å². The molecular formula is C15H25NO5. The second-order valence-electron chi connectivity index (χ2n) is 5.80. The van der Waals surface area contributed by atoms with Crippen molar-refractivity contribution in [1.29, 1.82) is 0 Å². The summed E-state index contributed by atoms with van der Waals surface area (Å²) < 4.78 is 11.0. The van der Waals surface area contributed by atoms with Crippen LogP contribution in [0.15, 0.2) is 0 Å². The first-order chi connectivity index (χ1) is 10.2. The predicted molar refractivity (Wildman–Crippen MR) is 76.0 cm³/mol. The number of carbonyl (C=O) groups excluding carboxylic acids is 1.